The molecule has 0 radical (unpaired) electrons. The van der Waals surface area contributed by atoms with Gasteiger partial charge in [0, 0.05) is 0 Å². The van der Waals surface area contributed by atoms with Crippen LogP contribution in [0.2, 0.25) is 0 Å². The molecule has 0 unspecified atom stereocenters. The molecule has 2 nitrogen and oxygen atoms in total. The SMILES string of the molecule is O=P[O-].[Cu+]. The van der Waals surface area contributed by atoms with Gasteiger partial charge in [-0.1, -0.05) is 0 Å². The summed E-state index contributed by atoms with van der Waals surface area (Å²) in [5, 5.41) is 0. The average molecular weight is 127 g/mol. The first kappa shape index (κ1) is 8.82. The summed E-state index contributed by atoms with van der Waals surface area (Å²) in [6.07, 6.45) is 0. The maximum absolute atomic E-state index is 8.35. The Morgan fingerprint density at radius 3 is 1.75 bits per heavy atom. The van der Waals surface area contributed by atoms with E-state index in [4.69, 9.17) is 9.46 Å². The minimum Gasteiger partial charge on any atom is -0.772 e. The van der Waals surface area contributed by atoms with Crippen molar-refractivity contribution in [1.29, 1.82) is 0 Å². The molecule has 0 bridgehead atoms. The normalized spacial score (nSPS) is 5.25. The predicted octanol–water partition coefficient (Wildman–Crippen LogP) is -0.449. The molecule has 0 saturated heterocycles. The molecule has 0 saturated carbocycles. The van der Waals surface area contributed by atoms with Gasteiger partial charge < -0.3 is 4.89 Å². The van der Waals surface area contributed by atoms with Crippen molar-refractivity contribution in [2.45, 2.75) is 0 Å². The summed E-state index contributed by atoms with van der Waals surface area (Å²) >= 11 is 0. The maximum Gasteiger partial charge on any atom is 1.00 e. The second-order valence-corrected chi connectivity index (χ2v) is 0.224. The second-order valence-electron chi connectivity index (χ2n) is 0.0745. The van der Waals surface area contributed by atoms with Crippen LogP contribution in [0.5, 0.6) is 0 Å². The van der Waals surface area contributed by atoms with E-state index in [0.717, 1.165) is 0 Å². The monoisotopic (exact) mass is 126 g/mol. The molecule has 0 aromatic carbocycles. The first-order valence-electron chi connectivity index (χ1n) is 0.365. The van der Waals surface area contributed by atoms with Crippen molar-refractivity contribution in [3.8, 4) is 0 Å². The maximum atomic E-state index is 8.35. The van der Waals surface area contributed by atoms with E-state index in [-0.39, 0.29) is 17.1 Å². The molecule has 0 aromatic rings. The minimum atomic E-state index is -1.08. The van der Waals surface area contributed by atoms with Crippen molar-refractivity contribution in [2.24, 2.45) is 0 Å². The van der Waals surface area contributed by atoms with Crippen molar-refractivity contribution >= 4 is 8.69 Å². The molecule has 0 N–H and O–H groups in total. The van der Waals surface area contributed by atoms with Crippen LogP contribution < -0.4 is 4.89 Å². The van der Waals surface area contributed by atoms with Crippen LogP contribution in [-0.4, -0.2) is 0 Å². The van der Waals surface area contributed by atoms with Crippen LogP contribution in [0.15, 0.2) is 0 Å². The third kappa shape index (κ3) is 19.2. The van der Waals surface area contributed by atoms with Gasteiger partial charge in [-0.05, 0) is 0 Å². The molecule has 28 valence electrons. The fourth-order valence-corrected chi connectivity index (χ4v) is 0. The van der Waals surface area contributed by atoms with Crippen LogP contribution >= 0.6 is 8.69 Å². The van der Waals surface area contributed by atoms with Gasteiger partial charge in [0.2, 0.25) is 0 Å². The van der Waals surface area contributed by atoms with E-state index < -0.39 is 8.69 Å². The van der Waals surface area contributed by atoms with Crippen molar-refractivity contribution < 1.29 is 26.5 Å². The van der Waals surface area contributed by atoms with Crippen LogP contribution in [0.1, 0.15) is 0 Å². The van der Waals surface area contributed by atoms with Gasteiger partial charge in [-0.15, -0.1) is 0 Å². The summed E-state index contributed by atoms with van der Waals surface area (Å²) in [5.74, 6) is 0. The molecule has 0 amide bonds. The first-order chi connectivity index (χ1) is 1.41. The minimum absolute atomic E-state index is 0. The largest absolute Gasteiger partial charge is 1.00 e. The third-order valence-electron chi connectivity index (χ3n) is 0. The first-order valence-corrected chi connectivity index (χ1v) is 1.10. The topological polar surface area (TPSA) is 40.1 Å². The fourth-order valence-electron chi connectivity index (χ4n) is 0. The third-order valence-corrected chi connectivity index (χ3v) is 0. The Balaban J connectivity index is 0. The van der Waals surface area contributed by atoms with E-state index in [1.165, 1.54) is 0 Å². The summed E-state index contributed by atoms with van der Waals surface area (Å²) in [7, 11) is -1.08. The Morgan fingerprint density at radius 2 is 1.75 bits per heavy atom. The zero-order chi connectivity index (χ0) is 2.71. The molecule has 0 rings (SSSR count). The summed E-state index contributed by atoms with van der Waals surface area (Å²) in [6, 6.07) is 0. The van der Waals surface area contributed by atoms with E-state index >= 15 is 0 Å². The van der Waals surface area contributed by atoms with E-state index in [1.54, 1.807) is 0 Å². The molecule has 0 fully saturated rings. The van der Waals surface area contributed by atoms with Gasteiger partial charge in [-0.3, -0.25) is 4.57 Å². The molecule has 0 aliphatic carbocycles. The number of rotatable bonds is 0. The Kier molecular flexibility index (Phi) is 21.0. The molecule has 0 aliphatic heterocycles. The van der Waals surface area contributed by atoms with Crippen LogP contribution in [0, 0.1) is 0 Å². The van der Waals surface area contributed by atoms with E-state index in [1.807, 2.05) is 0 Å². The van der Waals surface area contributed by atoms with Crippen molar-refractivity contribution in [3.05, 3.63) is 0 Å². The van der Waals surface area contributed by atoms with Gasteiger partial charge in [-0.25, -0.2) is 0 Å². The fraction of sp³-hybridized carbons (Fsp3) is 0. The Labute approximate surface area is 36.0 Å². The molecular weight excluding hydrogens is 127 g/mol. The van der Waals surface area contributed by atoms with Crippen molar-refractivity contribution in [1.82, 2.24) is 0 Å². The summed E-state index contributed by atoms with van der Waals surface area (Å²) < 4.78 is 8.35. The van der Waals surface area contributed by atoms with Gasteiger partial charge in [0.05, 0.1) is 8.69 Å². The molecule has 4 heavy (non-hydrogen) atoms. The van der Waals surface area contributed by atoms with Gasteiger partial charge in [0.15, 0.2) is 0 Å². The second kappa shape index (κ2) is 9.55. The van der Waals surface area contributed by atoms with E-state index in [9.17, 15) is 0 Å². The summed E-state index contributed by atoms with van der Waals surface area (Å²) in [6.45, 7) is 0. The molecule has 4 heteroatoms. The average Bonchev–Trinajstić information content (AvgIpc) is 0.918. The Hall–Kier alpha value is 0.579. The molecule has 0 aliphatic rings. The van der Waals surface area contributed by atoms with Gasteiger partial charge in [0.1, 0.15) is 0 Å². The quantitative estimate of drug-likeness (QED) is 0.326. The van der Waals surface area contributed by atoms with Gasteiger partial charge in [0.25, 0.3) is 0 Å². The standard InChI is InChI=1S/Cu.HO2P/c;1-3-2/h;(H,1,2)/q+1;/p-1. The zero-order valence-electron chi connectivity index (χ0n) is 1.57. The molecular formula is CuO2P. The van der Waals surface area contributed by atoms with Gasteiger partial charge >= 0.3 is 17.1 Å². The number of hydrogen-bond donors (Lipinski definition) is 0. The molecule has 0 heterocycles. The summed E-state index contributed by atoms with van der Waals surface area (Å²) in [5.41, 5.74) is 0. The summed E-state index contributed by atoms with van der Waals surface area (Å²) in [4.78, 5) is 8.35. The van der Waals surface area contributed by atoms with Crippen molar-refractivity contribution in [3.63, 3.8) is 0 Å². The smallest absolute Gasteiger partial charge is 0.772 e. The Morgan fingerprint density at radius 1 is 1.75 bits per heavy atom. The van der Waals surface area contributed by atoms with E-state index in [2.05, 4.69) is 0 Å². The van der Waals surface area contributed by atoms with Crippen molar-refractivity contribution in [2.75, 3.05) is 0 Å². The number of hydrogen-bond acceptors (Lipinski definition) is 2. The van der Waals surface area contributed by atoms with Crippen LogP contribution in [0.25, 0.3) is 0 Å². The zero-order valence-corrected chi connectivity index (χ0v) is 3.40. The van der Waals surface area contributed by atoms with Crippen LogP contribution in [0.4, 0.5) is 0 Å². The molecule has 0 atom stereocenters. The van der Waals surface area contributed by atoms with E-state index in [0.29, 0.717) is 0 Å². The predicted molar refractivity (Wildman–Crippen MR) is 7.61 cm³/mol. The van der Waals surface area contributed by atoms with Gasteiger partial charge in [-0.2, -0.15) is 0 Å². The Bertz CT molecular complexity index is 13.5. The molecule has 0 spiro atoms. The van der Waals surface area contributed by atoms with Crippen LogP contribution in [-0.2, 0) is 21.6 Å². The molecule has 0 aromatic heterocycles. The van der Waals surface area contributed by atoms with Crippen LogP contribution in [0.3, 0.4) is 0 Å².